The number of phenols is 2. The minimum absolute atomic E-state index is 0.0609. The zero-order chi connectivity index (χ0) is 45.1. The molecule has 6 N–H and O–H groups in total. The molecule has 61 heavy (non-hydrogen) atoms. The van der Waals surface area contributed by atoms with Gasteiger partial charge in [0, 0.05) is 76.5 Å². The van der Waals surface area contributed by atoms with Gasteiger partial charge < -0.3 is 54.7 Å². The van der Waals surface area contributed by atoms with Gasteiger partial charge in [-0.05, 0) is 66.8 Å². The van der Waals surface area contributed by atoms with Crippen molar-refractivity contribution in [3.8, 4) is 23.0 Å². The zero-order valence-electron chi connectivity index (χ0n) is 35.4. The monoisotopic (exact) mass is 956 g/mol. The van der Waals surface area contributed by atoms with Gasteiger partial charge in [-0.15, -0.1) is 0 Å². The van der Waals surface area contributed by atoms with E-state index in [-0.39, 0.29) is 44.7 Å². The molecule has 0 fully saturated rings. The van der Waals surface area contributed by atoms with Crippen LogP contribution in [0.5, 0.6) is 23.0 Å². The quantitative estimate of drug-likeness (QED) is 0.0865. The number of Topliss-reactive ketones (excluding diaryl/α,β-unsaturated/α-hetero) is 1. The van der Waals surface area contributed by atoms with Crippen LogP contribution in [0.1, 0.15) is 64.4 Å². The molecule has 3 heterocycles. The maximum atomic E-state index is 14.5. The summed E-state index contributed by atoms with van der Waals surface area (Å²) in [4.78, 5) is 53.6. The Bertz CT molecular complexity index is 2270. The number of rotatable bonds is 6. The molecular formula is C45H53IN2O13. The van der Waals surface area contributed by atoms with Crippen molar-refractivity contribution in [1.82, 2.24) is 0 Å². The number of hydrogen-bond donors (Lipinski definition) is 6. The SMILES string of the molecule is COC1/C=C/OC2(C)Oc3c(C)c(O)c4c(O)c(cc(OCC(=O)Nc5ccc(I)cc5)c4c3C2=O)NC(=O)/C(C)=C\C=C\C(C)C(O)C(C)C(O)C(C)C(OC(C)=O)C1C. The van der Waals surface area contributed by atoms with Crippen LogP contribution in [0.3, 0.4) is 0 Å². The zero-order valence-corrected chi connectivity index (χ0v) is 37.6. The van der Waals surface area contributed by atoms with E-state index in [0.29, 0.717) is 5.69 Å². The Labute approximate surface area is 367 Å². The first kappa shape index (κ1) is 46.9. The van der Waals surface area contributed by atoms with E-state index in [4.69, 9.17) is 23.7 Å². The number of aliphatic hydroxyl groups excluding tert-OH is 2. The second-order valence-corrected chi connectivity index (χ2v) is 17.0. The van der Waals surface area contributed by atoms with Gasteiger partial charge in [0.05, 0.1) is 41.2 Å². The summed E-state index contributed by atoms with van der Waals surface area (Å²) in [6.45, 7) is 11.9. The van der Waals surface area contributed by atoms with Crippen LogP contribution in [0.15, 0.2) is 66.5 Å². The third kappa shape index (κ3) is 9.98. The molecular weight excluding hydrogens is 903 g/mol. The summed E-state index contributed by atoms with van der Waals surface area (Å²) in [5.41, 5.74) is 0.413. The summed E-state index contributed by atoms with van der Waals surface area (Å²) in [7, 11) is 1.43. The average Bonchev–Trinajstić information content (AvgIpc) is 3.48. The van der Waals surface area contributed by atoms with Crippen molar-refractivity contribution < 1.29 is 63.3 Å². The normalized spacial score (nSPS) is 29.1. The molecule has 0 saturated carbocycles. The number of carbonyl (C=O) groups is 4. The Morgan fingerprint density at radius 3 is 2.26 bits per heavy atom. The fraction of sp³-hybridized carbons (Fsp3) is 0.422. The Morgan fingerprint density at radius 2 is 1.62 bits per heavy atom. The summed E-state index contributed by atoms with van der Waals surface area (Å²) in [5, 5.41) is 51.2. The van der Waals surface area contributed by atoms with E-state index >= 15 is 0 Å². The number of phenolic OH excluding ortho intramolecular Hbond substituents is 2. The average molecular weight is 957 g/mol. The van der Waals surface area contributed by atoms with Gasteiger partial charge in [0.1, 0.15) is 23.4 Å². The fourth-order valence-corrected chi connectivity index (χ4v) is 7.98. The van der Waals surface area contributed by atoms with Crippen molar-refractivity contribution in [2.24, 2.45) is 23.7 Å². The highest BCUT2D eigenvalue weighted by Crippen LogP contribution is 2.54. The molecule has 0 spiro atoms. The number of nitrogens with one attached hydrogen (secondary N) is 2. The number of benzene rings is 3. The molecule has 0 aromatic heterocycles. The van der Waals surface area contributed by atoms with E-state index in [1.807, 2.05) is 12.1 Å². The molecule has 3 aromatic carbocycles. The summed E-state index contributed by atoms with van der Waals surface area (Å²) in [6, 6.07) is 8.28. The van der Waals surface area contributed by atoms with E-state index in [0.717, 1.165) is 3.57 Å². The van der Waals surface area contributed by atoms with Crippen molar-refractivity contribution in [2.45, 2.75) is 85.6 Å². The summed E-state index contributed by atoms with van der Waals surface area (Å²) < 4.78 is 30.7. The lowest BCUT2D eigenvalue weighted by atomic mass is 9.78. The smallest absolute Gasteiger partial charge is 0.312 e. The van der Waals surface area contributed by atoms with Gasteiger partial charge in [-0.1, -0.05) is 45.9 Å². The van der Waals surface area contributed by atoms with Crippen LogP contribution in [0.25, 0.3) is 10.8 Å². The number of aliphatic hydroxyl groups is 2. The first-order chi connectivity index (χ1) is 28.7. The van der Waals surface area contributed by atoms with E-state index < -0.39 is 95.5 Å². The van der Waals surface area contributed by atoms with Crippen LogP contribution in [0.4, 0.5) is 11.4 Å². The van der Waals surface area contributed by atoms with Gasteiger partial charge in [0.2, 0.25) is 0 Å². The number of amides is 2. The Balaban J connectivity index is 1.65. The van der Waals surface area contributed by atoms with E-state index in [9.17, 15) is 39.6 Å². The van der Waals surface area contributed by atoms with E-state index in [2.05, 4.69) is 33.2 Å². The van der Waals surface area contributed by atoms with Crippen molar-refractivity contribution in [3.63, 3.8) is 0 Å². The molecule has 0 saturated heterocycles. The van der Waals surface area contributed by atoms with E-state index in [1.54, 1.807) is 52.0 Å². The number of allylic oxidation sites excluding steroid dienone is 2. The molecule has 2 amide bonds. The van der Waals surface area contributed by atoms with E-state index in [1.165, 1.54) is 59.3 Å². The van der Waals surface area contributed by atoms with Crippen LogP contribution >= 0.6 is 22.6 Å². The third-order valence-electron chi connectivity index (χ3n) is 11.3. The van der Waals surface area contributed by atoms with Crippen molar-refractivity contribution >= 4 is 68.3 Å². The Morgan fingerprint density at radius 1 is 0.951 bits per heavy atom. The number of anilines is 2. The molecule has 5 bridgehead atoms. The molecule has 15 nitrogen and oxygen atoms in total. The number of fused-ring (bicyclic) bond motifs is 14. The topological polar surface area (TPSA) is 219 Å². The number of esters is 1. The molecule has 16 heteroatoms. The Kier molecular flexibility index (Phi) is 14.8. The molecule has 3 aromatic rings. The van der Waals surface area contributed by atoms with Gasteiger partial charge in [-0.2, -0.15) is 0 Å². The maximum absolute atomic E-state index is 14.5. The number of halogens is 1. The highest BCUT2D eigenvalue weighted by Gasteiger charge is 2.49. The van der Waals surface area contributed by atoms with Gasteiger partial charge >= 0.3 is 11.8 Å². The van der Waals surface area contributed by atoms with Crippen molar-refractivity contribution in [3.05, 3.63) is 81.2 Å². The van der Waals surface area contributed by atoms with Crippen LogP contribution < -0.4 is 20.1 Å². The van der Waals surface area contributed by atoms with Gasteiger partial charge in [0.25, 0.3) is 17.6 Å². The molecule has 0 aliphatic carbocycles. The van der Waals surface area contributed by atoms with Crippen LogP contribution in [-0.4, -0.2) is 87.9 Å². The largest absolute Gasteiger partial charge is 0.507 e. The second kappa shape index (κ2) is 19.3. The predicted octanol–water partition coefficient (Wildman–Crippen LogP) is 6.67. The van der Waals surface area contributed by atoms with Crippen LogP contribution in [0.2, 0.25) is 0 Å². The highest BCUT2D eigenvalue weighted by molar-refractivity contribution is 14.1. The Hall–Kier alpha value is -5.17. The molecule has 9 unspecified atom stereocenters. The van der Waals surface area contributed by atoms with Crippen molar-refractivity contribution in [1.29, 1.82) is 0 Å². The number of aromatic hydroxyl groups is 2. The first-order valence-corrected chi connectivity index (χ1v) is 20.8. The molecule has 6 rings (SSSR count). The number of methoxy groups -OCH3 is 1. The highest BCUT2D eigenvalue weighted by atomic mass is 127. The third-order valence-corrected chi connectivity index (χ3v) is 12.0. The number of hydrogen-bond acceptors (Lipinski definition) is 13. The standard InChI is InChI=1S/C45H53IN2O13/c1-21-11-10-12-22(2)44(56)48-30-19-32(58-20-33(50)47-29-15-13-28(46)14-16-29)34-35(40(30)54)39(53)26(6)42-36(34)43(55)45(8,61-42)59-18-17-31(57-9)23(3)41(60-27(7)49)25(5)38(52)24(4)37(21)51/h10-19,21,23-25,31,37-38,41,51-54H,20H2,1-9H3,(H,47,50)(H,48,56)/b11-10+,18-17+,22-12-. The lowest BCUT2D eigenvalue weighted by Gasteiger charge is -2.38. The van der Waals surface area contributed by atoms with Crippen molar-refractivity contribution in [2.75, 3.05) is 24.4 Å². The van der Waals surface area contributed by atoms with Crippen LogP contribution in [0, 0.1) is 34.2 Å². The number of ketones is 1. The summed E-state index contributed by atoms with van der Waals surface area (Å²) >= 11 is 2.14. The van der Waals surface area contributed by atoms with Gasteiger partial charge in [-0.3, -0.25) is 19.2 Å². The predicted molar refractivity (Wildman–Crippen MR) is 235 cm³/mol. The molecule has 3 aliphatic heterocycles. The molecule has 0 radical (unpaired) electrons. The molecule has 328 valence electrons. The first-order valence-electron chi connectivity index (χ1n) is 19.7. The number of ether oxygens (including phenoxy) is 5. The minimum Gasteiger partial charge on any atom is -0.507 e. The van der Waals surface area contributed by atoms with Gasteiger partial charge in [-0.25, -0.2) is 0 Å². The lowest BCUT2D eigenvalue weighted by molar-refractivity contribution is -0.160. The van der Waals surface area contributed by atoms with Gasteiger partial charge in [0.15, 0.2) is 12.4 Å². The molecule has 3 aliphatic rings. The minimum atomic E-state index is -2.04. The summed E-state index contributed by atoms with van der Waals surface area (Å²) in [5.74, 6) is -8.42. The summed E-state index contributed by atoms with van der Waals surface area (Å²) in [6.07, 6.45) is 3.52. The molecule has 9 atom stereocenters. The number of carbonyl (C=O) groups excluding carboxylic acids is 4. The second-order valence-electron chi connectivity index (χ2n) is 15.7. The van der Waals surface area contributed by atoms with Crippen LogP contribution in [-0.2, 0) is 28.6 Å². The fourth-order valence-electron chi connectivity index (χ4n) is 7.62. The maximum Gasteiger partial charge on any atom is 0.312 e. The lowest BCUT2D eigenvalue weighted by Crippen LogP contribution is -2.46.